The van der Waals surface area contributed by atoms with Gasteiger partial charge in [-0.25, -0.2) is 0 Å². The largest absolute Gasteiger partial charge is 0.299 e. The maximum Gasteiger partial charge on any atom is 0.135 e. The molecular weight excluding hydrogens is 112 g/mol. The Kier molecular flexibility index (Phi) is 4.37. The molecule has 0 aliphatic rings. The van der Waals surface area contributed by atoms with Crippen molar-refractivity contribution in [3.05, 3.63) is 6.42 Å². The van der Waals surface area contributed by atoms with E-state index in [1.165, 1.54) is 0 Å². The lowest BCUT2D eigenvalue weighted by Gasteiger charge is -2.00. The van der Waals surface area contributed by atoms with E-state index >= 15 is 0 Å². The lowest BCUT2D eigenvalue weighted by molar-refractivity contribution is -0.121. The molecule has 0 unspecified atom stereocenters. The molecule has 0 saturated carbocycles. The van der Waals surface area contributed by atoms with Crippen molar-refractivity contribution >= 4 is 5.78 Å². The minimum atomic E-state index is 0.213. The molecule has 9 heavy (non-hydrogen) atoms. The van der Waals surface area contributed by atoms with Crippen LogP contribution in [0.25, 0.3) is 0 Å². The van der Waals surface area contributed by atoms with Crippen LogP contribution in [-0.4, -0.2) is 5.78 Å². The zero-order valence-electron chi connectivity index (χ0n) is 6.48. The molecule has 0 aliphatic carbocycles. The highest BCUT2D eigenvalue weighted by Crippen LogP contribution is 2.02. The van der Waals surface area contributed by atoms with E-state index in [4.69, 9.17) is 0 Å². The van der Waals surface area contributed by atoms with Crippen LogP contribution < -0.4 is 0 Å². The number of carbonyl (C=O) groups excluding carboxylic acids is 1. The van der Waals surface area contributed by atoms with E-state index in [2.05, 4.69) is 0 Å². The van der Waals surface area contributed by atoms with Crippen LogP contribution in [0.15, 0.2) is 0 Å². The SMILES string of the molecule is C[CH]CCC(=O)C(C)C. The molecule has 0 rings (SSSR count). The Morgan fingerprint density at radius 1 is 1.56 bits per heavy atom. The molecule has 0 aromatic rings. The number of hydrogen-bond donors (Lipinski definition) is 0. The lowest BCUT2D eigenvalue weighted by Crippen LogP contribution is -2.05. The van der Waals surface area contributed by atoms with Gasteiger partial charge in [0.15, 0.2) is 0 Å². The molecule has 0 bridgehead atoms. The summed E-state index contributed by atoms with van der Waals surface area (Å²) in [5, 5.41) is 0. The fraction of sp³-hybridized carbons (Fsp3) is 0.750. The Labute approximate surface area is 57.5 Å². The van der Waals surface area contributed by atoms with E-state index in [1.54, 1.807) is 0 Å². The average Bonchev–Trinajstić information content (AvgIpc) is 1.82. The van der Waals surface area contributed by atoms with Gasteiger partial charge in [0.25, 0.3) is 0 Å². The first-order valence-corrected chi connectivity index (χ1v) is 3.49. The first kappa shape index (κ1) is 8.67. The van der Waals surface area contributed by atoms with Crippen LogP contribution >= 0.6 is 0 Å². The summed E-state index contributed by atoms with van der Waals surface area (Å²) < 4.78 is 0. The van der Waals surface area contributed by atoms with Crippen molar-refractivity contribution in [3.63, 3.8) is 0 Å². The Morgan fingerprint density at radius 3 is 2.44 bits per heavy atom. The van der Waals surface area contributed by atoms with Gasteiger partial charge in [0, 0.05) is 12.3 Å². The van der Waals surface area contributed by atoms with E-state index in [1.807, 2.05) is 27.2 Å². The first-order valence-electron chi connectivity index (χ1n) is 3.49. The van der Waals surface area contributed by atoms with Gasteiger partial charge in [-0.15, -0.1) is 0 Å². The molecule has 1 heteroatoms. The van der Waals surface area contributed by atoms with Crippen molar-refractivity contribution in [2.45, 2.75) is 33.6 Å². The van der Waals surface area contributed by atoms with Crippen LogP contribution in [0.1, 0.15) is 33.6 Å². The number of rotatable bonds is 4. The number of carbonyl (C=O) groups is 1. The Bertz CT molecular complexity index is 84.6. The maximum absolute atomic E-state index is 10.9. The Balaban J connectivity index is 3.28. The molecule has 0 heterocycles. The van der Waals surface area contributed by atoms with Gasteiger partial charge < -0.3 is 0 Å². The summed E-state index contributed by atoms with van der Waals surface area (Å²) in [7, 11) is 0. The molecule has 1 nitrogen and oxygen atoms in total. The van der Waals surface area contributed by atoms with Gasteiger partial charge in [-0.05, 0) is 12.8 Å². The molecule has 0 aromatic carbocycles. The Morgan fingerprint density at radius 2 is 2.11 bits per heavy atom. The molecule has 53 valence electrons. The standard InChI is InChI=1S/C8H15O/c1-4-5-6-8(9)7(2)3/h4,7H,5-6H2,1-3H3. The molecule has 0 aromatic heterocycles. The molecule has 0 fully saturated rings. The fourth-order valence-corrected chi connectivity index (χ4v) is 0.575. The molecule has 1 radical (unpaired) electrons. The van der Waals surface area contributed by atoms with Gasteiger partial charge in [0.2, 0.25) is 0 Å². The molecule has 0 spiro atoms. The zero-order valence-corrected chi connectivity index (χ0v) is 6.48. The highest BCUT2D eigenvalue weighted by molar-refractivity contribution is 5.80. The predicted octanol–water partition coefficient (Wildman–Crippen LogP) is 2.22. The summed E-state index contributed by atoms with van der Waals surface area (Å²) in [6.45, 7) is 5.86. The van der Waals surface area contributed by atoms with E-state index in [9.17, 15) is 4.79 Å². The normalized spacial score (nSPS) is 10.2. The summed E-state index contributed by atoms with van der Waals surface area (Å²) in [4.78, 5) is 10.9. The first-order chi connectivity index (χ1) is 4.18. The fourth-order valence-electron chi connectivity index (χ4n) is 0.575. The zero-order chi connectivity index (χ0) is 7.28. The van der Waals surface area contributed by atoms with Crippen LogP contribution in [0.4, 0.5) is 0 Å². The van der Waals surface area contributed by atoms with Crippen molar-refractivity contribution in [2.75, 3.05) is 0 Å². The van der Waals surface area contributed by atoms with Gasteiger partial charge >= 0.3 is 0 Å². The van der Waals surface area contributed by atoms with E-state index in [0.717, 1.165) is 6.42 Å². The van der Waals surface area contributed by atoms with Crippen molar-refractivity contribution in [1.29, 1.82) is 0 Å². The van der Waals surface area contributed by atoms with Crippen LogP contribution in [0.5, 0.6) is 0 Å². The van der Waals surface area contributed by atoms with Gasteiger partial charge in [-0.2, -0.15) is 0 Å². The van der Waals surface area contributed by atoms with E-state index in [0.29, 0.717) is 12.2 Å². The van der Waals surface area contributed by atoms with Gasteiger partial charge in [0.05, 0.1) is 0 Å². The summed E-state index contributed by atoms with van der Waals surface area (Å²) in [5.74, 6) is 0.582. The average molecular weight is 127 g/mol. The van der Waals surface area contributed by atoms with Crippen molar-refractivity contribution < 1.29 is 4.79 Å². The molecule has 0 saturated heterocycles. The molecule has 0 amide bonds. The summed E-state index contributed by atoms with van der Waals surface area (Å²) >= 11 is 0. The quantitative estimate of drug-likeness (QED) is 0.566. The van der Waals surface area contributed by atoms with Crippen LogP contribution in [0, 0.1) is 12.3 Å². The van der Waals surface area contributed by atoms with Gasteiger partial charge in [-0.3, -0.25) is 4.79 Å². The third-order valence-electron chi connectivity index (χ3n) is 1.32. The topological polar surface area (TPSA) is 17.1 Å². The van der Waals surface area contributed by atoms with Crippen molar-refractivity contribution in [3.8, 4) is 0 Å². The second-order valence-corrected chi connectivity index (χ2v) is 2.57. The number of ketones is 1. The molecular formula is C8H15O. The highest BCUT2D eigenvalue weighted by Gasteiger charge is 2.04. The second-order valence-electron chi connectivity index (χ2n) is 2.57. The minimum Gasteiger partial charge on any atom is -0.299 e. The highest BCUT2D eigenvalue weighted by atomic mass is 16.1. The van der Waals surface area contributed by atoms with Crippen LogP contribution in [0.2, 0.25) is 0 Å². The van der Waals surface area contributed by atoms with Gasteiger partial charge in [-0.1, -0.05) is 20.8 Å². The number of Topliss-reactive ketones (excluding diaryl/α,β-unsaturated/α-hetero) is 1. The van der Waals surface area contributed by atoms with Crippen molar-refractivity contribution in [2.24, 2.45) is 5.92 Å². The summed E-state index contributed by atoms with van der Waals surface area (Å²) in [5.41, 5.74) is 0. The Hall–Kier alpha value is -0.330. The monoisotopic (exact) mass is 127 g/mol. The number of unbranched alkanes of at least 4 members (excludes halogenated alkanes) is 1. The van der Waals surface area contributed by atoms with Crippen LogP contribution in [0.3, 0.4) is 0 Å². The number of hydrogen-bond acceptors (Lipinski definition) is 1. The predicted molar refractivity (Wildman–Crippen MR) is 39.1 cm³/mol. The molecule has 0 N–H and O–H groups in total. The third-order valence-corrected chi connectivity index (χ3v) is 1.32. The third kappa shape index (κ3) is 4.19. The molecule has 0 atom stereocenters. The van der Waals surface area contributed by atoms with E-state index in [-0.39, 0.29) is 5.92 Å². The lowest BCUT2D eigenvalue weighted by atomic mass is 10.0. The van der Waals surface area contributed by atoms with Crippen LogP contribution in [-0.2, 0) is 4.79 Å². The van der Waals surface area contributed by atoms with Crippen molar-refractivity contribution in [1.82, 2.24) is 0 Å². The molecule has 0 aliphatic heterocycles. The smallest absolute Gasteiger partial charge is 0.135 e. The maximum atomic E-state index is 10.9. The van der Waals surface area contributed by atoms with Gasteiger partial charge in [0.1, 0.15) is 5.78 Å². The summed E-state index contributed by atoms with van der Waals surface area (Å²) in [6, 6.07) is 0. The van der Waals surface area contributed by atoms with E-state index < -0.39 is 0 Å². The minimum absolute atomic E-state index is 0.213. The second kappa shape index (κ2) is 4.54. The summed E-state index contributed by atoms with van der Waals surface area (Å²) in [6.07, 6.45) is 3.67.